The number of ether oxygens (including phenoxy) is 4. The van der Waals surface area contributed by atoms with Crippen molar-refractivity contribution in [3.63, 3.8) is 0 Å². The highest BCUT2D eigenvalue weighted by Crippen LogP contribution is 2.30. The Morgan fingerprint density at radius 2 is 1.50 bits per heavy atom. The van der Waals surface area contributed by atoms with Crippen LogP contribution in [0.25, 0.3) is 0 Å². The smallest absolute Gasteiger partial charge is 0.351 e. The van der Waals surface area contributed by atoms with E-state index >= 15 is 0 Å². The van der Waals surface area contributed by atoms with E-state index in [2.05, 4.69) is 20.9 Å². The second kappa shape index (κ2) is 35.4. The van der Waals surface area contributed by atoms with Crippen molar-refractivity contribution in [2.75, 3.05) is 46.6 Å². The third-order valence-corrected chi connectivity index (χ3v) is 18.0. The van der Waals surface area contributed by atoms with E-state index in [1.165, 1.54) is 66.9 Å². The van der Waals surface area contributed by atoms with Crippen LogP contribution in [0.1, 0.15) is 139 Å². The number of hydrogen-bond donors (Lipinski definition) is 8. The van der Waals surface area contributed by atoms with Crippen LogP contribution in [-0.4, -0.2) is 234 Å². The normalized spacial score (nSPS) is 28.2. The van der Waals surface area contributed by atoms with Crippen LogP contribution in [0.15, 0.2) is 41.3 Å². The maximum absolute atomic E-state index is 15.0. The van der Waals surface area contributed by atoms with Crippen molar-refractivity contribution < 1.29 is 92.1 Å². The minimum atomic E-state index is -1.78. The van der Waals surface area contributed by atoms with Crippen LogP contribution < -0.4 is 32.1 Å². The number of nitrogen functional groups attached to an aromatic ring is 1. The van der Waals surface area contributed by atoms with Crippen LogP contribution in [0.4, 0.5) is 5.82 Å². The van der Waals surface area contributed by atoms with Crippen LogP contribution in [-0.2, 0) is 73.4 Å². The van der Waals surface area contributed by atoms with Crippen molar-refractivity contribution in [1.82, 2.24) is 45.1 Å². The average Bonchev–Trinajstić information content (AvgIpc) is 1.57. The van der Waals surface area contributed by atoms with Gasteiger partial charge in [-0.05, 0) is 99.8 Å². The summed E-state index contributed by atoms with van der Waals surface area (Å²) < 4.78 is 23.4. The number of nitrogens with one attached hydrogen (secondary N) is 3. The van der Waals surface area contributed by atoms with Gasteiger partial charge >= 0.3 is 17.6 Å². The lowest BCUT2D eigenvalue weighted by Gasteiger charge is -2.36. The van der Waals surface area contributed by atoms with E-state index in [1.807, 2.05) is 27.7 Å². The summed E-state index contributed by atoms with van der Waals surface area (Å²) in [6, 6.07) is -0.947. The molecule has 1 aromatic heterocycles. The fourth-order valence-electron chi connectivity index (χ4n) is 12.2. The number of benzene rings is 1. The van der Waals surface area contributed by atoms with E-state index in [0.29, 0.717) is 30.6 Å². The number of carbonyl (C=O) groups is 11. The molecular formula is C66H100N10O20. The highest BCUT2D eigenvalue weighted by atomic mass is 16.6. The van der Waals surface area contributed by atoms with Crippen molar-refractivity contribution in [2.24, 2.45) is 29.6 Å². The zero-order valence-electron chi connectivity index (χ0n) is 57.5. The van der Waals surface area contributed by atoms with E-state index in [0.717, 1.165) is 11.5 Å². The molecule has 5 heterocycles. The van der Waals surface area contributed by atoms with Crippen molar-refractivity contribution in [2.45, 2.75) is 219 Å². The number of likely N-dealkylation sites (tertiary alicyclic amines) is 1. The van der Waals surface area contributed by atoms with Gasteiger partial charge in [0.1, 0.15) is 72.2 Å². The molecule has 2 aromatic rings. The molecule has 0 aliphatic carbocycles. The van der Waals surface area contributed by atoms with Gasteiger partial charge in [0, 0.05) is 46.7 Å². The third kappa shape index (κ3) is 19.9. The summed E-state index contributed by atoms with van der Waals surface area (Å²) in [7, 11) is 4.26. The summed E-state index contributed by atoms with van der Waals surface area (Å²) in [6.07, 6.45) is -7.03. The first kappa shape index (κ1) is 78.8. The fourth-order valence-corrected chi connectivity index (χ4v) is 12.2. The first-order valence-electron chi connectivity index (χ1n) is 32.9. The number of anilines is 1. The number of aromatic nitrogens is 2. The SMILES string of the molecule is CC[C@H](C)[C@H]1NC(=O)[C@H](NC(=O)[C@@H](CC(C)C)N(C)C(=O)[C@@H]2CCCN2C(=O)C(C)=O)[C@@H](C)OC(=O)[C@H](Cc2ccc(OC)cc2)N(C)C(=O)[C@@H]2CCCN2C(=O)[C@H](CC(C)C)NC(=O)[C@@H](C)C(=O)[C@H](C(C)C)OC(=O)C[C@@H]1O.Nc1ccn([C@@H]2O[C@H](CO)[C@@H](O)[C@@H]2O)c(=O)n1. The van der Waals surface area contributed by atoms with Gasteiger partial charge in [0.05, 0.1) is 38.2 Å². The number of nitrogens with two attached hydrogens (primary N) is 1. The molecule has 0 radical (unpaired) electrons. The summed E-state index contributed by atoms with van der Waals surface area (Å²) in [5.74, 6) is -11.3. The Morgan fingerprint density at radius 3 is 2.06 bits per heavy atom. The lowest BCUT2D eigenvalue weighted by atomic mass is 9.91. The molecule has 30 nitrogen and oxygen atoms in total. The number of hydrogen-bond acceptors (Lipinski definition) is 22. The van der Waals surface area contributed by atoms with Crippen molar-refractivity contribution in [3.05, 3.63) is 52.6 Å². The molecule has 4 aliphatic rings. The maximum atomic E-state index is 15.0. The van der Waals surface area contributed by atoms with Gasteiger partial charge in [0.15, 0.2) is 18.1 Å². The first-order valence-corrected chi connectivity index (χ1v) is 32.9. The van der Waals surface area contributed by atoms with Gasteiger partial charge in [-0.2, -0.15) is 4.98 Å². The van der Waals surface area contributed by atoms with Crippen molar-refractivity contribution in [1.29, 1.82) is 0 Å². The van der Waals surface area contributed by atoms with Crippen molar-refractivity contribution >= 4 is 70.7 Å². The van der Waals surface area contributed by atoms with Gasteiger partial charge in [-0.15, -0.1) is 0 Å². The molecule has 16 atom stereocenters. The number of amides is 7. The van der Waals surface area contributed by atoms with E-state index in [1.54, 1.807) is 52.0 Å². The Bertz CT molecular complexity index is 3140. The molecule has 4 saturated heterocycles. The number of esters is 2. The van der Waals surface area contributed by atoms with Crippen LogP contribution in [0.5, 0.6) is 5.75 Å². The predicted octanol–water partition coefficient (Wildman–Crippen LogP) is -0.0383. The number of aliphatic hydroxyl groups excluding tert-OH is 4. The zero-order valence-corrected chi connectivity index (χ0v) is 57.5. The lowest BCUT2D eigenvalue weighted by Crippen LogP contribution is -2.62. The number of methoxy groups -OCH3 is 1. The Hall–Kier alpha value is -7.93. The molecule has 7 amide bonds. The lowest BCUT2D eigenvalue weighted by molar-refractivity contribution is -0.163. The molecule has 0 unspecified atom stereocenters. The minimum absolute atomic E-state index is 0.0537. The molecule has 6 rings (SSSR count). The number of likely N-dealkylation sites (N-methyl/N-ethyl adjacent to an activating group) is 2. The molecule has 96 heavy (non-hydrogen) atoms. The molecular weight excluding hydrogens is 1250 g/mol. The molecule has 30 heteroatoms. The first-order chi connectivity index (χ1) is 45.1. The van der Waals surface area contributed by atoms with E-state index < -0.39 is 186 Å². The summed E-state index contributed by atoms with van der Waals surface area (Å²) in [5, 5.41) is 48.2. The van der Waals surface area contributed by atoms with E-state index in [4.69, 9.17) is 29.8 Å². The largest absolute Gasteiger partial charge is 0.497 e. The number of Topliss-reactive ketones (excluding diaryl/α,β-unsaturated/α-hetero) is 2. The van der Waals surface area contributed by atoms with Gasteiger partial charge < -0.3 is 80.7 Å². The predicted molar refractivity (Wildman–Crippen MR) is 345 cm³/mol. The fraction of sp³-hybridized carbons (Fsp3) is 0.682. The van der Waals surface area contributed by atoms with E-state index in [9.17, 15) is 72.9 Å². The number of rotatable bonds is 17. The molecule has 534 valence electrons. The highest BCUT2D eigenvalue weighted by Gasteiger charge is 2.47. The average molecular weight is 1350 g/mol. The number of aliphatic hydroxyl groups is 4. The van der Waals surface area contributed by atoms with Gasteiger partial charge in [-0.25, -0.2) is 9.59 Å². The van der Waals surface area contributed by atoms with Gasteiger partial charge in [-0.1, -0.05) is 73.9 Å². The van der Waals surface area contributed by atoms with Gasteiger partial charge in [-0.3, -0.25) is 52.5 Å². The highest BCUT2D eigenvalue weighted by molar-refractivity contribution is 6.35. The Kier molecular flexibility index (Phi) is 29.0. The number of ketones is 2. The molecule has 0 bridgehead atoms. The standard InChI is InChI=1S/C57H87N7O15.C9H13N3O5/c1-15-33(8)46-44(66)29-45(67)79-49(32(6)7)48(68)34(9)50(69)58-39(26-30(2)3)54(73)64-25-17-19-41(64)56(75)62(13)43(28-37-20-22-38(77-14)23-21-37)57(76)78-36(11)47(52(71)59-46)60-51(70)42(27-31(4)5)61(12)55(74)40-18-16-24-63(40)53(72)35(10)65;10-5-1-2-12(9(16)11-5)8-7(15)6(14)4(3-13)17-8/h20-23,30-34,36,39-44,46-47,49,66H,15-19,24-29H2,1-14H3,(H,58,69)(H,59,71)(H,60,70);1-2,4,6-8,13-15H,3H2,(H2,10,11,16)/t33-,34-,36+,39-,40-,41-,42+,43-,44-,46+,47+,49-;4-,6-,7+,8-/m01/s1. The molecule has 4 fully saturated rings. The Labute approximate surface area is 559 Å². The van der Waals surface area contributed by atoms with Crippen molar-refractivity contribution in [3.8, 4) is 5.75 Å². The molecule has 4 aliphatic heterocycles. The monoisotopic (exact) mass is 1350 g/mol. The van der Waals surface area contributed by atoms with E-state index in [-0.39, 0.29) is 62.8 Å². The molecule has 0 saturated carbocycles. The maximum Gasteiger partial charge on any atom is 0.351 e. The summed E-state index contributed by atoms with van der Waals surface area (Å²) >= 11 is 0. The summed E-state index contributed by atoms with van der Waals surface area (Å²) in [4.78, 5) is 175. The van der Waals surface area contributed by atoms with Gasteiger partial charge in [0.2, 0.25) is 41.2 Å². The second-order valence-electron chi connectivity index (χ2n) is 26.6. The summed E-state index contributed by atoms with van der Waals surface area (Å²) in [6.45, 7) is 17.6. The number of cyclic esters (lactones) is 2. The topological polar surface area (TPSA) is 416 Å². The minimum Gasteiger partial charge on any atom is -0.497 e. The number of fused-ring (bicyclic) bond motifs is 1. The van der Waals surface area contributed by atoms with Gasteiger partial charge in [0.25, 0.3) is 5.91 Å². The molecule has 9 N–H and O–H groups in total. The molecule has 0 spiro atoms. The summed E-state index contributed by atoms with van der Waals surface area (Å²) in [5.41, 5.74) is 5.20. The Balaban J connectivity index is 0.000000842. The Morgan fingerprint density at radius 1 is 0.854 bits per heavy atom. The number of carbonyl (C=O) groups excluding carboxylic acids is 11. The molecule has 1 aromatic carbocycles. The van der Waals surface area contributed by atoms with Crippen LogP contribution in [0.2, 0.25) is 0 Å². The quantitative estimate of drug-likeness (QED) is 0.0585. The zero-order chi connectivity index (χ0) is 71.9. The van der Waals surface area contributed by atoms with Crippen LogP contribution >= 0.6 is 0 Å². The third-order valence-electron chi connectivity index (χ3n) is 18.0. The van der Waals surface area contributed by atoms with Crippen LogP contribution in [0.3, 0.4) is 0 Å². The second-order valence-corrected chi connectivity index (χ2v) is 26.6. The van der Waals surface area contributed by atoms with Crippen LogP contribution in [0, 0.1) is 29.6 Å². The number of nitrogens with zero attached hydrogens (tertiary/aromatic N) is 6.